The predicted octanol–water partition coefficient (Wildman–Crippen LogP) is -0.715. The van der Waals surface area contributed by atoms with Crippen LogP contribution < -0.4 is 11.3 Å². The lowest BCUT2D eigenvalue weighted by molar-refractivity contribution is 0.124. The molecule has 0 spiro atoms. The number of nitrogens with two attached hydrogens (primary N) is 1. The fourth-order valence-electron chi connectivity index (χ4n) is 1.65. The zero-order valence-corrected chi connectivity index (χ0v) is 12.2. The average Bonchev–Trinajstić information content (AvgIpc) is 2.76. The van der Waals surface area contributed by atoms with E-state index in [2.05, 4.69) is 15.0 Å². The maximum Gasteiger partial charge on any atom is 0.330 e. The Hall–Kier alpha value is -1.74. The minimum absolute atomic E-state index is 0.00899. The number of H-pyrrole nitrogens is 1. The number of ether oxygens (including phenoxy) is 1. The van der Waals surface area contributed by atoms with Crippen LogP contribution in [0, 0.1) is 0 Å². The molecule has 116 valence electrons. The smallest absolute Gasteiger partial charge is 0.330 e. The second kappa shape index (κ2) is 5.94. The van der Waals surface area contributed by atoms with Crippen LogP contribution >= 0.6 is 7.60 Å². The molecule has 0 amide bonds. The van der Waals surface area contributed by atoms with Crippen molar-refractivity contribution in [2.75, 3.05) is 18.9 Å². The second-order valence-corrected chi connectivity index (χ2v) is 6.63. The molecule has 0 saturated carbocycles. The van der Waals surface area contributed by atoms with Crippen molar-refractivity contribution in [3.8, 4) is 0 Å². The fourth-order valence-corrected chi connectivity index (χ4v) is 1.95. The molecule has 5 N–H and O–H groups in total. The van der Waals surface area contributed by atoms with Crippen molar-refractivity contribution in [2.24, 2.45) is 0 Å². The number of rotatable bonds is 6. The van der Waals surface area contributed by atoms with E-state index >= 15 is 0 Å². The number of hydrogen-bond donors (Lipinski definition) is 4. The number of fused-ring (bicyclic) bond motifs is 1. The molecule has 2 aromatic rings. The normalized spacial score (nSPS) is 13.7. The van der Waals surface area contributed by atoms with Gasteiger partial charge in [-0.05, 0) is 6.92 Å². The van der Waals surface area contributed by atoms with E-state index in [4.69, 9.17) is 20.3 Å². The first-order chi connectivity index (χ1) is 9.79. The van der Waals surface area contributed by atoms with Crippen LogP contribution in [-0.2, 0) is 15.8 Å². The van der Waals surface area contributed by atoms with Gasteiger partial charge in [0.25, 0.3) is 5.56 Å². The first-order valence-corrected chi connectivity index (χ1v) is 7.81. The molecular formula is C10H16N5O5P. The maximum absolute atomic E-state index is 11.6. The molecule has 10 nitrogen and oxygen atoms in total. The standard InChI is InChI=1S/C10H16N5O5P/c1-6(21(17,18)19)4-20-3-2-15-5-12-7-8(15)13-10(11)14-9(7)16/h5-6H,2-4H2,1H3,(H2,17,18,19)(H3,11,13,14,16). The minimum Gasteiger partial charge on any atom is -0.379 e. The first-order valence-electron chi connectivity index (χ1n) is 6.12. The molecule has 2 heterocycles. The zero-order chi connectivity index (χ0) is 15.6. The van der Waals surface area contributed by atoms with E-state index in [1.807, 2.05) is 0 Å². The Morgan fingerprint density at radius 2 is 2.29 bits per heavy atom. The van der Waals surface area contributed by atoms with E-state index in [-0.39, 0.29) is 24.7 Å². The van der Waals surface area contributed by atoms with Crippen LogP contribution in [0.3, 0.4) is 0 Å². The summed E-state index contributed by atoms with van der Waals surface area (Å²) in [5.74, 6) is -0.00899. The maximum atomic E-state index is 11.6. The van der Waals surface area contributed by atoms with Crippen molar-refractivity contribution < 1.29 is 19.1 Å². The van der Waals surface area contributed by atoms with Crippen molar-refractivity contribution in [3.63, 3.8) is 0 Å². The summed E-state index contributed by atoms with van der Waals surface area (Å²) in [6.07, 6.45) is 1.43. The number of aromatic nitrogens is 4. The summed E-state index contributed by atoms with van der Waals surface area (Å²) in [4.78, 5) is 39.7. The molecule has 2 aromatic heterocycles. The number of anilines is 1. The van der Waals surface area contributed by atoms with E-state index in [0.717, 1.165) is 0 Å². The van der Waals surface area contributed by atoms with Gasteiger partial charge in [-0.15, -0.1) is 0 Å². The molecule has 0 saturated heterocycles. The number of nitrogens with zero attached hydrogens (tertiary/aromatic N) is 3. The van der Waals surface area contributed by atoms with E-state index < -0.39 is 18.8 Å². The van der Waals surface area contributed by atoms with Crippen LogP contribution in [0.25, 0.3) is 11.2 Å². The third kappa shape index (κ3) is 3.67. The number of hydrogen-bond acceptors (Lipinski definition) is 6. The van der Waals surface area contributed by atoms with Crippen molar-refractivity contribution in [2.45, 2.75) is 19.1 Å². The van der Waals surface area contributed by atoms with Gasteiger partial charge in [-0.3, -0.25) is 14.3 Å². The highest BCUT2D eigenvalue weighted by molar-refractivity contribution is 7.52. The molecular weight excluding hydrogens is 301 g/mol. The van der Waals surface area contributed by atoms with Crippen LogP contribution in [0.2, 0.25) is 0 Å². The number of imidazole rings is 1. The summed E-state index contributed by atoms with van der Waals surface area (Å²) < 4.78 is 17.7. The van der Waals surface area contributed by atoms with Crippen molar-refractivity contribution in [3.05, 3.63) is 16.7 Å². The molecule has 0 aliphatic carbocycles. The van der Waals surface area contributed by atoms with Gasteiger partial charge in [-0.25, -0.2) is 4.98 Å². The highest BCUT2D eigenvalue weighted by Crippen LogP contribution is 2.40. The third-order valence-electron chi connectivity index (χ3n) is 2.90. The SMILES string of the molecule is CC(COCCn1cnc2c(=O)[nH]c(N)nc21)P(=O)(O)O. The molecule has 0 aromatic carbocycles. The summed E-state index contributed by atoms with van der Waals surface area (Å²) in [6.45, 7) is 1.88. The summed E-state index contributed by atoms with van der Waals surface area (Å²) in [5.41, 5.74) is 4.69. The zero-order valence-electron chi connectivity index (χ0n) is 11.3. The van der Waals surface area contributed by atoms with Crippen molar-refractivity contribution >= 4 is 24.7 Å². The summed E-state index contributed by atoms with van der Waals surface area (Å²) >= 11 is 0. The van der Waals surface area contributed by atoms with Gasteiger partial charge in [-0.1, -0.05) is 0 Å². The van der Waals surface area contributed by atoms with Gasteiger partial charge in [0.1, 0.15) is 0 Å². The van der Waals surface area contributed by atoms with Gasteiger partial charge in [-0.2, -0.15) is 4.98 Å². The lowest BCUT2D eigenvalue weighted by Gasteiger charge is -2.13. The molecule has 1 unspecified atom stereocenters. The Labute approximate surface area is 119 Å². The van der Waals surface area contributed by atoms with Crippen molar-refractivity contribution in [1.82, 2.24) is 19.5 Å². The molecule has 1 atom stereocenters. The Balaban J connectivity index is 1.99. The van der Waals surface area contributed by atoms with Gasteiger partial charge in [0.05, 0.1) is 25.2 Å². The van der Waals surface area contributed by atoms with Crippen molar-refractivity contribution in [1.29, 1.82) is 0 Å². The van der Waals surface area contributed by atoms with Gasteiger partial charge in [0.2, 0.25) is 5.95 Å². The molecule has 2 rings (SSSR count). The quantitative estimate of drug-likeness (QED) is 0.402. The van der Waals surface area contributed by atoms with Crippen LogP contribution in [0.4, 0.5) is 5.95 Å². The molecule has 21 heavy (non-hydrogen) atoms. The molecule has 11 heteroatoms. The van der Waals surface area contributed by atoms with Gasteiger partial charge >= 0.3 is 7.60 Å². The Kier molecular flexibility index (Phi) is 4.43. The number of nitrogens with one attached hydrogen (secondary N) is 1. The highest BCUT2D eigenvalue weighted by atomic mass is 31.2. The Bertz CT molecular complexity index is 735. The van der Waals surface area contributed by atoms with E-state index in [0.29, 0.717) is 12.2 Å². The van der Waals surface area contributed by atoms with E-state index in [1.165, 1.54) is 13.3 Å². The van der Waals surface area contributed by atoms with Crippen LogP contribution in [0.5, 0.6) is 0 Å². The second-order valence-electron chi connectivity index (χ2n) is 4.57. The van der Waals surface area contributed by atoms with E-state index in [1.54, 1.807) is 4.57 Å². The van der Waals surface area contributed by atoms with Crippen LogP contribution in [0.1, 0.15) is 6.92 Å². The van der Waals surface area contributed by atoms with Gasteiger partial charge in [0.15, 0.2) is 11.2 Å². The molecule has 0 aliphatic heterocycles. The van der Waals surface area contributed by atoms with Gasteiger partial charge in [0, 0.05) is 6.54 Å². The fraction of sp³-hybridized carbons (Fsp3) is 0.500. The minimum atomic E-state index is -4.13. The average molecular weight is 317 g/mol. The monoisotopic (exact) mass is 317 g/mol. The lowest BCUT2D eigenvalue weighted by Crippen LogP contribution is -2.16. The summed E-state index contributed by atoms with van der Waals surface area (Å²) in [7, 11) is -4.13. The Morgan fingerprint density at radius 3 is 2.95 bits per heavy atom. The molecule has 0 radical (unpaired) electrons. The first kappa shape index (κ1) is 15.6. The highest BCUT2D eigenvalue weighted by Gasteiger charge is 2.23. The predicted molar refractivity (Wildman–Crippen MR) is 74.9 cm³/mol. The lowest BCUT2D eigenvalue weighted by atomic mass is 10.5. The molecule has 0 bridgehead atoms. The molecule has 0 fully saturated rings. The topological polar surface area (TPSA) is 156 Å². The Morgan fingerprint density at radius 1 is 1.57 bits per heavy atom. The molecule has 0 aliphatic rings. The van der Waals surface area contributed by atoms with Crippen LogP contribution in [-0.4, -0.2) is 48.2 Å². The van der Waals surface area contributed by atoms with Crippen LogP contribution in [0.15, 0.2) is 11.1 Å². The number of nitrogen functional groups attached to an aromatic ring is 1. The third-order valence-corrected chi connectivity index (χ3v) is 4.20. The largest absolute Gasteiger partial charge is 0.379 e. The summed E-state index contributed by atoms with van der Waals surface area (Å²) in [6, 6.07) is 0. The van der Waals surface area contributed by atoms with E-state index in [9.17, 15) is 9.36 Å². The summed E-state index contributed by atoms with van der Waals surface area (Å²) in [5, 5.41) is 0. The van der Waals surface area contributed by atoms with Gasteiger partial charge < -0.3 is 24.8 Å². The number of aromatic amines is 1.